The number of nitrogen functional groups attached to an aromatic ring is 1. The van der Waals surface area contributed by atoms with Crippen LogP contribution in [0, 0.1) is 0 Å². The summed E-state index contributed by atoms with van der Waals surface area (Å²) in [5, 5.41) is 4.85. The van der Waals surface area contributed by atoms with Gasteiger partial charge in [-0.05, 0) is 41.1 Å². The van der Waals surface area contributed by atoms with Crippen LogP contribution in [0.3, 0.4) is 0 Å². The van der Waals surface area contributed by atoms with Crippen LogP contribution in [0.1, 0.15) is 6.92 Å². The molecule has 0 aliphatic heterocycles. The van der Waals surface area contributed by atoms with Crippen LogP contribution in [-0.2, 0) is 14.0 Å². The van der Waals surface area contributed by atoms with E-state index < -0.39 is 14.6 Å². The van der Waals surface area contributed by atoms with Crippen LogP contribution in [-0.4, -0.2) is 22.4 Å². The lowest BCUT2D eigenvalue weighted by Gasteiger charge is -2.31. The second-order valence-corrected chi connectivity index (χ2v) is 8.23. The van der Waals surface area contributed by atoms with Gasteiger partial charge >= 0.3 is 5.30 Å². The molecule has 0 atom stereocenters. The molecular weight excluding hydrogens is 308 g/mol. The Morgan fingerprint density at radius 1 is 1.53 bits per heavy atom. The fourth-order valence-corrected chi connectivity index (χ4v) is 4.43. The van der Waals surface area contributed by atoms with Gasteiger partial charge in [0.25, 0.3) is 0 Å². The fourth-order valence-electron chi connectivity index (χ4n) is 1.28. The number of rotatable bonds is 2. The maximum Gasteiger partial charge on any atom is 0.392 e. The molecule has 0 bridgehead atoms. The van der Waals surface area contributed by atoms with Crippen molar-refractivity contribution in [2.75, 3.05) is 18.6 Å². The molecule has 0 radical (unpaired) electrons. The van der Waals surface area contributed by atoms with E-state index in [0.717, 1.165) is 0 Å². The van der Waals surface area contributed by atoms with E-state index >= 15 is 0 Å². The molecule has 7 heteroatoms. The Morgan fingerprint density at radius 2 is 2.12 bits per heavy atom. The third-order valence-corrected chi connectivity index (χ3v) is 5.49. The van der Waals surface area contributed by atoms with Crippen molar-refractivity contribution in [2.24, 2.45) is 5.14 Å². The summed E-state index contributed by atoms with van der Waals surface area (Å²) in [6.45, 7) is 1.74. The standard InChI is InChI=1S/C10H15BrN2O3S/c1-3-16-10(14)17(2,13,15)9-5-4-7(12)6-8(9)11/h4-6H,3,12H2,1-2H3,(H2,13,15). The van der Waals surface area contributed by atoms with Gasteiger partial charge < -0.3 is 10.5 Å². The van der Waals surface area contributed by atoms with Crippen LogP contribution >= 0.6 is 15.9 Å². The van der Waals surface area contributed by atoms with E-state index in [9.17, 15) is 9.00 Å². The molecule has 0 spiro atoms. The summed E-state index contributed by atoms with van der Waals surface area (Å²) in [6.07, 6.45) is 1.19. The van der Waals surface area contributed by atoms with E-state index in [0.29, 0.717) is 10.2 Å². The van der Waals surface area contributed by atoms with Gasteiger partial charge in [0, 0.05) is 16.4 Å². The molecule has 0 unspecified atom stereocenters. The Kier molecular flexibility index (Phi) is 3.66. The highest BCUT2D eigenvalue weighted by Crippen LogP contribution is 2.35. The normalized spacial score (nSPS) is 13.8. The molecule has 5 nitrogen and oxygen atoms in total. The first-order chi connectivity index (χ1) is 7.67. The van der Waals surface area contributed by atoms with E-state index in [2.05, 4.69) is 15.9 Å². The highest BCUT2D eigenvalue weighted by molar-refractivity contribution is 9.10. The van der Waals surface area contributed by atoms with E-state index in [1.807, 2.05) is 0 Å². The number of carbonyl (C=O) groups is 1. The van der Waals surface area contributed by atoms with Crippen LogP contribution < -0.4 is 10.9 Å². The van der Waals surface area contributed by atoms with Crippen molar-refractivity contribution in [1.29, 1.82) is 0 Å². The third-order valence-electron chi connectivity index (χ3n) is 2.18. The minimum absolute atomic E-state index is 0.116. The third kappa shape index (κ3) is 2.67. The van der Waals surface area contributed by atoms with Gasteiger partial charge in [0.15, 0.2) is 0 Å². The molecule has 0 aliphatic rings. The average Bonchev–Trinajstić information content (AvgIpc) is 2.16. The van der Waals surface area contributed by atoms with Gasteiger partial charge in [-0.3, -0.25) is 9.35 Å². The number of ether oxygens (including phenoxy) is 1. The topological polar surface area (TPSA) is 95.4 Å². The zero-order valence-corrected chi connectivity index (χ0v) is 12.0. The van der Waals surface area contributed by atoms with Crippen molar-refractivity contribution < 1.29 is 13.7 Å². The fraction of sp³-hybridized carbons (Fsp3) is 0.300. The first-order valence-electron chi connectivity index (χ1n) is 4.84. The molecule has 1 aromatic rings. The predicted octanol–water partition coefficient (Wildman–Crippen LogP) is 1.87. The van der Waals surface area contributed by atoms with Gasteiger partial charge in [-0.2, -0.15) is 0 Å². The number of carbonyl (C=O) groups excluding carboxylic acids is 1. The molecule has 0 fully saturated rings. The molecule has 0 aromatic heterocycles. The second kappa shape index (κ2) is 4.40. The monoisotopic (exact) mass is 322 g/mol. The smallest absolute Gasteiger partial charge is 0.392 e. The van der Waals surface area contributed by atoms with Crippen LogP contribution in [0.15, 0.2) is 27.6 Å². The van der Waals surface area contributed by atoms with Crippen molar-refractivity contribution in [3.8, 4) is 0 Å². The minimum Gasteiger partial charge on any atom is -0.456 e. The number of hydrogen-bond donors (Lipinski definition) is 2. The molecular formula is C10H15BrN2O3S. The average molecular weight is 323 g/mol. The number of hydrogen-bond acceptors (Lipinski definition) is 4. The molecule has 1 rings (SSSR count). The summed E-state index contributed by atoms with van der Waals surface area (Å²) in [6, 6.07) is 4.53. The summed E-state index contributed by atoms with van der Waals surface area (Å²) >= 11 is 3.20. The molecule has 4 N–H and O–H groups in total. The predicted molar refractivity (Wildman–Crippen MR) is 72.1 cm³/mol. The van der Waals surface area contributed by atoms with Crippen LogP contribution in [0.4, 0.5) is 10.5 Å². The van der Waals surface area contributed by atoms with Gasteiger partial charge in [-0.15, -0.1) is 0 Å². The summed E-state index contributed by atoms with van der Waals surface area (Å²) in [4.78, 5) is 11.9. The van der Waals surface area contributed by atoms with Gasteiger partial charge in [0.05, 0.1) is 20.8 Å². The van der Waals surface area contributed by atoms with E-state index in [1.165, 1.54) is 18.4 Å². The molecule has 96 valence electrons. The summed E-state index contributed by atoms with van der Waals surface area (Å²) in [5.74, 6) is 0. The maximum absolute atomic E-state index is 12.6. The van der Waals surface area contributed by atoms with Crippen LogP contribution in [0.5, 0.6) is 0 Å². The molecule has 0 amide bonds. The van der Waals surface area contributed by atoms with Crippen LogP contribution in [0.25, 0.3) is 0 Å². The zero-order chi connectivity index (χ0) is 13.3. The highest BCUT2D eigenvalue weighted by atomic mass is 79.9. The zero-order valence-electron chi connectivity index (χ0n) is 9.60. The van der Waals surface area contributed by atoms with E-state index in [1.54, 1.807) is 13.0 Å². The summed E-state index contributed by atoms with van der Waals surface area (Å²) in [7, 11) is -4.19. The van der Waals surface area contributed by atoms with Crippen molar-refractivity contribution >= 4 is 36.2 Å². The van der Waals surface area contributed by atoms with Crippen LogP contribution in [0.2, 0.25) is 0 Å². The Bertz CT molecular complexity index is 524. The number of halogens is 1. The summed E-state index contributed by atoms with van der Waals surface area (Å²) < 4.78 is 17.8. The Hall–Kier alpha value is -0.920. The Balaban J connectivity index is 3.38. The highest BCUT2D eigenvalue weighted by Gasteiger charge is 2.40. The summed E-state index contributed by atoms with van der Waals surface area (Å²) in [5.41, 5.74) is 6.05. The molecule has 0 saturated heterocycles. The Morgan fingerprint density at radius 3 is 2.59 bits per heavy atom. The number of anilines is 1. The van der Waals surface area contributed by atoms with Gasteiger partial charge in [0.1, 0.15) is 0 Å². The van der Waals surface area contributed by atoms with Gasteiger partial charge in [-0.1, -0.05) is 0 Å². The molecule has 0 saturated carbocycles. The lowest BCUT2D eigenvalue weighted by atomic mass is 10.3. The lowest BCUT2D eigenvalue weighted by Crippen LogP contribution is -2.49. The minimum atomic E-state index is -4.19. The SMILES string of the molecule is CCOC(=O)S(C)(N)(=O)c1ccc(N)cc1Br. The number of benzene rings is 1. The maximum atomic E-state index is 12.6. The largest absolute Gasteiger partial charge is 0.456 e. The number of nitrogens with two attached hydrogens (primary N) is 2. The van der Waals surface area contributed by atoms with Crippen molar-refractivity contribution in [1.82, 2.24) is 0 Å². The quantitative estimate of drug-likeness (QED) is 0.641. The first-order valence-corrected chi connectivity index (χ1v) is 8.07. The molecule has 0 aliphatic carbocycles. The second-order valence-electron chi connectivity index (χ2n) is 3.78. The van der Waals surface area contributed by atoms with Gasteiger partial charge in [-0.25, -0.2) is 4.79 Å². The van der Waals surface area contributed by atoms with Crippen molar-refractivity contribution in [3.05, 3.63) is 22.7 Å². The Labute approximate surface area is 108 Å². The lowest BCUT2D eigenvalue weighted by molar-refractivity contribution is 0.178. The van der Waals surface area contributed by atoms with Gasteiger partial charge in [0.2, 0.25) is 0 Å². The first kappa shape index (κ1) is 14.1. The molecule has 0 heterocycles. The molecule has 1 aromatic carbocycles. The molecule has 17 heavy (non-hydrogen) atoms. The van der Waals surface area contributed by atoms with Crippen molar-refractivity contribution in [2.45, 2.75) is 11.8 Å². The van der Waals surface area contributed by atoms with E-state index in [4.69, 9.17) is 15.6 Å². The van der Waals surface area contributed by atoms with Crippen molar-refractivity contribution in [3.63, 3.8) is 0 Å². The van der Waals surface area contributed by atoms with E-state index in [-0.39, 0.29) is 11.5 Å².